The molecular weight excluding hydrogens is 212 g/mol. The van der Waals surface area contributed by atoms with E-state index >= 15 is 0 Å². The SMILES string of the molecule is CCCN1CCCC(C(C)N[C@H](CC)CO)C1. The number of aliphatic hydroxyl groups excluding tert-OH is 1. The highest BCUT2D eigenvalue weighted by Gasteiger charge is 2.25. The Kier molecular flexibility index (Phi) is 7.09. The Balaban J connectivity index is 2.37. The molecule has 0 radical (unpaired) electrons. The summed E-state index contributed by atoms with van der Waals surface area (Å²) in [5.74, 6) is 0.746. The van der Waals surface area contributed by atoms with Crippen molar-refractivity contribution in [2.45, 2.75) is 58.5 Å². The average molecular weight is 242 g/mol. The highest BCUT2D eigenvalue weighted by Crippen LogP contribution is 2.20. The van der Waals surface area contributed by atoms with Crippen LogP contribution in [-0.2, 0) is 0 Å². The molecule has 0 aromatic heterocycles. The Hall–Kier alpha value is -0.120. The molecule has 1 saturated heterocycles. The van der Waals surface area contributed by atoms with Crippen LogP contribution in [0.3, 0.4) is 0 Å². The van der Waals surface area contributed by atoms with Gasteiger partial charge < -0.3 is 15.3 Å². The van der Waals surface area contributed by atoms with E-state index in [0.717, 1.165) is 12.3 Å². The summed E-state index contributed by atoms with van der Waals surface area (Å²) in [5.41, 5.74) is 0. The summed E-state index contributed by atoms with van der Waals surface area (Å²) >= 11 is 0. The van der Waals surface area contributed by atoms with Gasteiger partial charge in [0.1, 0.15) is 0 Å². The van der Waals surface area contributed by atoms with Crippen LogP contribution in [0.2, 0.25) is 0 Å². The van der Waals surface area contributed by atoms with Crippen molar-refractivity contribution in [3.63, 3.8) is 0 Å². The van der Waals surface area contributed by atoms with Gasteiger partial charge in [0.05, 0.1) is 6.61 Å². The van der Waals surface area contributed by atoms with Gasteiger partial charge in [-0.05, 0) is 51.6 Å². The van der Waals surface area contributed by atoms with Crippen molar-refractivity contribution >= 4 is 0 Å². The number of aliphatic hydroxyl groups is 1. The summed E-state index contributed by atoms with van der Waals surface area (Å²) in [6.45, 7) is 10.7. The van der Waals surface area contributed by atoms with Crippen LogP contribution in [-0.4, -0.2) is 48.3 Å². The Morgan fingerprint density at radius 2 is 2.18 bits per heavy atom. The number of nitrogens with zero attached hydrogens (tertiary/aromatic N) is 1. The van der Waals surface area contributed by atoms with Crippen molar-refractivity contribution in [2.24, 2.45) is 5.92 Å². The van der Waals surface area contributed by atoms with E-state index in [1.54, 1.807) is 0 Å². The Bertz CT molecular complexity index is 193. The summed E-state index contributed by atoms with van der Waals surface area (Å²) in [7, 11) is 0. The first kappa shape index (κ1) is 14.9. The van der Waals surface area contributed by atoms with Crippen LogP contribution < -0.4 is 5.32 Å². The Morgan fingerprint density at radius 1 is 1.41 bits per heavy atom. The minimum absolute atomic E-state index is 0.256. The molecular formula is C14H30N2O. The smallest absolute Gasteiger partial charge is 0.0584 e. The van der Waals surface area contributed by atoms with Gasteiger partial charge in [-0.2, -0.15) is 0 Å². The molecule has 17 heavy (non-hydrogen) atoms. The van der Waals surface area contributed by atoms with Crippen LogP contribution in [0, 0.1) is 5.92 Å². The maximum atomic E-state index is 9.24. The molecule has 3 heteroatoms. The van der Waals surface area contributed by atoms with Crippen molar-refractivity contribution < 1.29 is 5.11 Å². The fraction of sp³-hybridized carbons (Fsp3) is 1.00. The molecule has 1 fully saturated rings. The van der Waals surface area contributed by atoms with Crippen molar-refractivity contribution in [1.29, 1.82) is 0 Å². The van der Waals surface area contributed by atoms with Gasteiger partial charge in [0.25, 0.3) is 0 Å². The van der Waals surface area contributed by atoms with Crippen molar-refractivity contribution in [3.05, 3.63) is 0 Å². The van der Waals surface area contributed by atoms with Crippen molar-refractivity contribution in [2.75, 3.05) is 26.2 Å². The second kappa shape index (κ2) is 8.06. The maximum Gasteiger partial charge on any atom is 0.0584 e. The molecule has 0 saturated carbocycles. The largest absolute Gasteiger partial charge is 0.395 e. The van der Waals surface area contributed by atoms with Crippen molar-refractivity contribution in [3.8, 4) is 0 Å². The lowest BCUT2D eigenvalue weighted by Gasteiger charge is -2.37. The number of hydrogen-bond donors (Lipinski definition) is 2. The first-order chi connectivity index (χ1) is 8.21. The molecule has 1 heterocycles. The topological polar surface area (TPSA) is 35.5 Å². The first-order valence-electron chi connectivity index (χ1n) is 7.30. The number of piperidine rings is 1. The number of nitrogens with one attached hydrogen (secondary N) is 1. The fourth-order valence-corrected chi connectivity index (χ4v) is 2.83. The lowest BCUT2D eigenvalue weighted by atomic mass is 9.91. The molecule has 2 N–H and O–H groups in total. The summed E-state index contributed by atoms with van der Waals surface area (Å²) in [5, 5.41) is 12.8. The van der Waals surface area contributed by atoms with Gasteiger partial charge in [-0.1, -0.05) is 13.8 Å². The summed E-state index contributed by atoms with van der Waals surface area (Å²) in [6, 6.07) is 0.790. The molecule has 0 aromatic rings. The molecule has 0 amide bonds. The van der Waals surface area contributed by atoms with Gasteiger partial charge in [0.15, 0.2) is 0 Å². The number of hydrogen-bond acceptors (Lipinski definition) is 3. The van der Waals surface area contributed by atoms with Gasteiger partial charge in [-0.15, -0.1) is 0 Å². The summed E-state index contributed by atoms with van der Waals surface area (Å²) in [4.78, 5) is 2.59. The summed E-state index contributed by atoms with van der Waals surface area (Å²) < 4.78 is 0. The monoisotopic (exact) mass is 242 g/mol. The predicted octanol–water partition coefficient (Wildman–Crippen LogP) is 1.86. The van der Waals surface area contributed by atoms with E-state index < -0.39 is 0 Å². The van der Waals surface area contributed by atoms with E-state index in [1.165, 1.54) is 38.9 Å². The minimum Gasteiger partial charge on any atom is -0.395 e. The maximum absolute atomic E-state index is 9.24. The normalized spacial score (nSPS) is 25.8. The zero-order chi connectivity index (χ0) is 12.7. The molecule has 0 bridgehead atoms. The molecule has 0 aromatic carbocycles. The Morgan fingerprint density at radius 3 is 2.76 bits per heavy atom. The van der Waals surface area contributed by atoms with Crippen LogP contribution in [0.1, 0.15) is 46.5 Å². The van der Waals surface area contributed by atoms with Gasteiger partial charge >= 0.3 is 0 Å². The highest BCUT2D eigenvalue weighted by atomic mass is 16.3. The molecule has 102 valence electrons. The zero-order valence-corrected chi connectivity index (χ0v) is 11.8. The lowest BCUT2D eigenvalue weighted by molar-refractivity contribution is 0.137. The molecule has 0 aliphatic carbocycles. The quantitative estimate of drug-likeness (QED) is 0.715. The van der Waals surface area contributed by atoms with Gasteiger partial charge in [0, 0.05) is 18.6 Å². The highest BCUT2D eigenvalue weighted by molar-refractivity contribution is 4.82. The third-order valence-electron chi connectivity index (χ3n) is 4.00. The van der Waals surface area contributed by atoms with E-state index in [-0.39, 0.29) is 12.6 Å². The fourth-order valence-electron chi connectivity index (χ4n) is 2.83. The molecule has 1 rings (SSSR count). The van der Waals surface area contributed by atoms with Gasteiger partial charge in [-0.3, -0.25) is 0 Å². The van der Waals surface area contributed by atoms with E-state index in [2.05, 4.69) is 31.0 Å². The van der Waals surface area contributed by atoms with Crippen LogP contribution in [0.25, 0.3) is 0 Å². The van der Waals surface area contributed by atoms with Crippen LogP contribution >= 0.6 is 0 Å². The third kappa shape index (κ3) is 4.94. The number of likely N-dealkylation sites (tertiary alicyclic amines) is 1. The third-order valence-corrected chi connectivity index (χ3v) is 4.00. The predicted molar refractivity (Wildman–Crippen MR) is 73.2 cm³/mol. The standard InChI is InChI=1S/C14H30N2O/c1-4-8-16-9-6-7-13(10-16)12(3)15-14(5-2)11-17/h12-15,17H,4-11H2,1-3H3/t12?,13?,14-/m1/s1. The van der Waals surface area contributed by atoms with E-state index in [9.17, 15) is 5.11 Å². The molecule has 2 unspecified atom stereocenters. The minimum atomic E-state index is 0.256. The second-order valence-electron chi connectivity index (χ2n) is 5.45. The molecule has 3 atom stereocenters. The van der Waals surface area contributed by atoms with E-state index in [4.69, 9.17) is 0 Å². The number of rotatable bonds is 7. The van der Waals surface area contributed by atoms with Crippen LogP contribution in [0.4, 0.5) is 0 Å². The van der Waals surface area contributed by atoms with Crippen LogP contribution in [0.15, 0.2) is 0 Å². The van der Waals surface area contributed by atoms with Gasteiger partial charge in [0.2, 0.25) is 0 Å². The Labute approximate surface area is 107 Å². The molecule has 1 aliphatic heterocycles. The first-order valence-corrected chi connectivity index (χ1v) is 7.30. The zero-order valence-electron chi connectivity index (χ0n) is 11.8. The lowest BCUT2D eigenvalue weighted by Crippen LogP contribution is -2.48. The molecule has 0 spiro atoms. The van der Waals surface area contributed by atoms with Gasteiger partial charge in [-0.25, -0.2) is 0 Å². The van der Waals surface area contributed by atoms with E-state index in [0.29, 0.717) is 6.04 Å². The van der Waals surface area contributed by atoms with Crippen LogP contribution in [0.5, 0.6) is 0 Å². The van der Waals surface area contributed by atoms with Crippen molar-refractivity contribution in [1.82, 2.24) is 10.2 Å². The molecule has 1 aliphatic rings. The molecule has 3 nitrogen and oxygen atoms in total. The van der Waals surface area contributed by atoms with E-state index in [1.807, 2.05) is 0 Å². The second-order valence-corrected chi connectivity index (χ2v) is 5.45. The average Bonchev–Trinajstić information content (AvgIpc) is 2.36. The summed E-state index contributed by atoms with van der Waals surface area (Å²) in [6.07, 6.45) is 4.91.